The summed E-state index contributed by atoms with van der Waals surface area (Å²) >= 11 is 0. The highest BCUT2D eigenvalue weighted by Crippen LogP contribution is 1.83. The van der Waals surface area contributed by atoms with E-state index in [2.05, 4.69) is 5.32 Å². The molecule has 0 aliphatic heterocycles. The van der Waals surface area contributed by atoms with E-state index in [9.17, 15) is 9.59 Å². The van der Waals surface area contributed by atoms with Crippen molar-refractivity contribution in [2.75, 3.05) is 13.2 Å². The molecule has 5 N–H and O–H groups in total. The quantitative estimate of drug-likeness (QED) is 0.366. The highest BCUT2D eigenvalue weighted by Gasteiger charge is 2.15. The first-order chi connectivity index (χ1) is 5.61. The van der Waals surface area contributed by atoms with Crippen LogP contribution >= 0.6 is 0 Å². The van der Waals surface area contributed by atoms with Crippen LogP contribution in [0.3, 0.4) is 0 Å². The third kappa shape index (κ3) is 3.89. The van der Waals surface area contributed by atoms with E-state index >= 15 is 0 Å². The Kier molecular flexibility index (Phi) is 4.98. The van der Waals surface area contributed by atoms with E-state index in [-0.39, 0.29) is 13.0 Å². The minimum absolute atomic E-state index is 0.107. The van der Waals surface area contributed by atoms with Gasteiger partial charge >= 0.3 is 0 Å². The van der Waals surface area contributed by atoms with Crippen molar-refractivity contribution in [3.63, 3.8) is 0 Å². The molecule has 0 bridgehead atoms. The predicted octanol–water partition coefficient (Wildman–Crippen LogP) is -2.67. The van der Waals surface area contributed by atoms with Gasteiger partial charge in [-0.1, -0.05) is 0 Å². The number of aliphatic hydroxyl groups is 2. The van der Waals surface area contributed by atoms with Gasteiger partial charge in [-0.15, -0.1) is 0 Å². The predicted molar refractivity (Wildman–Crippen MR) is 39.9 cm³/mol. The third-order valence-electron chi connectivity index (χ3n) is 1.20. The number of carbonyl (C=O) groups is 2. The van der Waals surface area contributed by atoms with Crippen LogP contribution in [0.25, 0.3) is 0 Å². The molecule has 0 rings (SSSR count). The molecule has 0 aromatic rings. The van der Waals surface area contributed by atoms with E-state index in [4.69, 9.17) is 15.9 Å². The molecule has 0 heterocycles. The van der Waals surface area contributed by atoms with Crippen molar-refractivity contribution in [1.82, 2.24) is 5.32 Å². The van der Waals surface area contributed by atoms with Gasteiger partial charge in [0, 0.05) is 6.42 Å². The molecule has 0 fully saturated rings. The lowest BCUT2D eigenvalue weighted by Gasteiger charge is -2.11. The van der Waals surface area contributed by atoms with Crippen molar-refractivity contribution in [1.29, 1.82) is 0 Å². The third-order valence-corrected chi connectivity index (χ3v) is 1.20. The lowest BCUT2D eigenvalue weighted by molar-refractivity contribution is -0.128. The minimum atomic E-state index is -1.07. The summed E-state index contributed by atoms with van der Waals surface area (Å²) in [5.41, 5.74) is 4.82. The van der Waals surface area contributed by atoms with Crippen LogP contribution in [0.15, 0.2) is 0 Å². The van der Waals surface area contributed by atoms with Crippen LogP contribution in [0, 0.1) is 0 Å². The molecular formula is C6H12N2O4. The average Bonchev–Trinajstić information content (AvgIpc) is 2.00. The number of amides is 2. The zero-order chi connectivity index (χ0) is 9.56. The molecule has 0 aromatic heterocycles. The van der Waals surface area contributed by atoms with Gasteiger partial charge < -0.3 is 21.3 Å². The number of nitrogens with one attached hydrogen (secondary N) is 1. The second-order valence-electron chi connectivity index (χ2n) is 2.18. The molecule has 12 heavy (non-hydrogen) atoms. The Labute approximate surface area is 69.4 Å². The molecule has 0 saturated carbocycles. The lowest BCUT2D eigenvalue weighted by Crippen LogP contribution is -2.46. The molecule has 2 amide bonds. The lowest BCUT2D eigenvalue weighted by atomic mass is 10.3. The maximum Gasteiger partial charge on any atom is 0.242 e. The van der Waals surface area contributed by atoms with Crippen molar-refractivity contribution < 1.29 is 19.8 Å². The van der Waals surface area contributed by atoms with Crippen LogP contribution in [-0.2, 0) is 9.59 Å². The van der Waals surface area contributed by atoms with Gasteiger partial charge in [0.1, 0.15) is 6.04 Å². The molecule has 0 aliphatic rings. The standard InChI is InChI=1S/C6H12N2O4/c7-6(12)4(3-10)8-5(11)1-2-9/h4,9-10H,1-3H2,(H2,7,12)(H,8,11). The smallest absolute Gasteiger partial charge is 0.242 e. The Morgan fingerprint density at radius 3 is 2.33 bits per heavy atom. The monoisotopic (exact) mass is 176 g/mol. The molecule has 70 valence electrons. The first-order valence-corrected chi connectivity index (χ1v) is 3.42. The van der Waals surface area contributed by atoms with Crippen LogP contribution < -0.4 is 11.1 Å². The first kappa shape index (κ1) is 10.9. The summed E-state index contributed by atoms with van der Waals surface area (Å²) in [6, 6.07) is -1.07. The molecule has 0 radical (unpaired) electrons. The van der Waals surface area contributed by atoms with Crippen molar-refractivity contribution in [3.05, 3.63) is 0 Å². The summed E-state index contributed by atoms with van der Waals surface area (Å²) in [5.74, 6) is -1.32. The van der Waals surface area contributed by atoms with Crippen LogP contribution in [-0.4, -0.2) is 41.3 Å². The number of carbonyl (C=O) groups excluding carboxylic acids is 2. The number of hydrogen-bond donors (Lipinski definition) is 4. The normalized spacial score (nSPS) is 12.2. The fourth-order valence-corrected chi connectivity index (χ4v) is 0.575. The van der Waals surface area contributed by atoms with E-state index in [1.54, 1.807) is 0 Å². The summed E-state index contributed by atoms with van der Waals surface area (Å²) in [5, 5.41) is 19.0. The van der Waals surface area contributed by atoms with Gasteiger partial charge in [-0.2, -0.15) is 0 Å². The fraction of sp³-hybridized carbons (Fsp3) is 0.667. The number of rotatable bonds is 5. The van der Waals surface area contributed by atoms with E-state index in [1.165, 1.54) is 0 Å². The molecular weight excluding hydrogens is 164 g/mol. The summed E-state index contributed by atoms with van der Waals surface area (Å²) < 4.78 is 0. The van der Waals surface area contributed by atoms with E-state index in [0.717, 1.165) is 0 Å². The van der Waals surface area contributed by atoms with Gasteiger partial charge in [-0.25, -0.2) is 0 Å². The van der Waals surface area contributed by atoms with Gasteiger partial charge in [0.25, 0.3) is 0 Å². The van der Waals surface area contributed by atoms with Gasteiger partial charge in [-0.3, -0.25) is 9.59 Å². The van der Waals surface area contributed by atoms with Crippen LogP contribution in [0.4, 0.5) is 0 Å². The minimum Gasteiger partial charge on any atom is -0.396 e. The van der Waals surface area contributed by atoms with Crippen LogP contribution in [0.2, 0.25) is 0 Å². The number of primary amides is 1. The summed E-state index contributed by atoms with van der Waals surface area (Å²) in [7, 11) is 0. The molecule has 0 spiro atoms. The number of aliphatic hydroxyl groups excluding tert-OH is 2. The van der Waals surface area contributed by atoms with Gasteiger partial charge in [-0.05, 0) is 0 Å². The Morgan fingerprint density at radius 2 is 2.00 bits per heavy atom. The molecule has 6 heteroatoms. The molecule has 6 nitrogen and oxygen atoms in total. The van der Waals surface area contributed by atoms with Crippen LogP contribution in [0.1, 0.15) is 6.42 Å². The zero-order valence-corrected chi connectivity index (χ0v) is 6.49. The Bertz CT molecular complexity index is 171. The van der Waals surface area contributed by atoms with E-state index in [1.807, 2.05) is 0 Å². The number of hydrogen-bond acceptors (Lipinski definition) is 4. The van der Waals surface area contributed by atoms with Crippen molar-refractivity contribution >= 4 is 11.8 Å². The average molecular weight is 176 g/mol. The zero-order valence-electron chi connectivity index (χ0n) is 6.49. The molecule has 1 atom stereocenters. The van der Waals surface area contributed by atoms with Gasteiger partial charge in [0.15, 0.2) is 0 Å². The Morgan fingerprint density at radius 1 is 1.42 bits per heavy atom. The SMILES string of the molecule is NC(=O)C(CO)NC(=O)CCO. The molecule has 0 saturated heterocycles. The highest BCUT2D eigenvalue weighted by atomic mass is 16.3. The Balaban J connectivity index is 3.85. The maximum absolute atomic E-state index is 10.7. The van der Waals surface area contributed by atoms with Crippen molar-refractivity contribution in [2.24, 2.45) is 5.73 Å². The first-order valence-electron chi connectivity index (χ1n) is 3.42. The Hall–Kier alpha value is -1.14. The summed E-state index contributed by atoms with van der Waals surface area (Å²) in [4.78, 5) is 21.2. The van der Waals surface area contributed by atoms with Crippen molar-refractivity contribution in [3.8, 4) is 0 Å². The van der Waals surface area contributed by atoms with Gasteiger partial charge in [0.2, 0.25) is 11.8 Å². The molecule has 0 aliphatic carbocycles. The summed E-state index contributed by atoms with van der Waals surface area (Å²) in [6.45, 7) is -0.838. The van der Waals surface area contributed by atoms with E-state index < -0.39 is 24.5 Å². The second kappa shape index (κ2) is 5.50. The van der Waals surface area contributed by atoms with Crippen molar-refractivity contribution in [2.45, 2.75) is 12.5 Å². The maximum atomic E-state index is 10.7. The van der Waals surface area contributed by atoms with Gasteiger partial charge in [0.05, 0.1) is 13.2 Å². The topological polar surface area (TPSA) is 113 Å². The second-order valence-corrected chi connectivity index (χ2v) is 2.18. The fourth-order valence-electron chi connectivity index (χ4n) is 0.575. The highest BCUT2D eigenvalue weighted by molar-refractivity contribution is 5.86. The number of nitrogens with two attached hydrogens (primary N) is 1. The summed E-state index contributed by atoms with van der Waals surface area (Å²) in [6.07, 6.45) is -0.107. The molecule has 1 unspecified atom stereocenters. The van der Waals surface area contributed by atoms with Crippen LogP contribution in [0.5, 0.6) is 0 Å². The molecule has 0 aromatic carbocycles. The largest absolute Gasteiger partial charge is 0.396 e. The van der Waals surface area contributed by atoms with E-state index in [0.29, 0.717) is 0 Å².